The first-order chi connectivity index (χ1) is 24.9. The lowest BCUT2D eigenvalue weighted by atomic mass is 9.80. The van der Waals surface area contributed by atoms with Crippen LogP contribution in [0.25, 0.3) is 0 Å². The Kier molecular flexibility index (Phi) is 16.1. The van der Waals surface area contributed by atoms with Crippen molar-refractivity contribution in [2.45, 2.75) is 116 Å². The van der Waals surface area contributed by atoms with Gasteiger partial charge in [-0.1, -0.05) is 38.1 Å². The fourth-order valence-corrected chi connectivity index (χ4v) is 7.23. The van der Waals surface area contributed by atoms with E-state index in [-0.39, 0.29) is 31.3 Å². The fourth-order valence-electron chi connectivity index (χ4n) is 7.23. The summed E-state index contributed by atoms with van der Waals surface area (Å²) >= 11 is 0. The van der Waals surface area contributed by atoms with Crippen LogP contribution >= 0.6 is 0 Å². The second kappa shape index (κ2) is 19.3. The predicted octanol–water partition coefficient (Wildman–Crippen LogP) is 4.73. The Morgan fingerprint density at radius 3 is 2.38 bits per heavy atom. The van der Waals surface area contributed by atoms with E-state index in [4.69, 9.17) is 33.2 Å². The molecule has 2 heterocycles. The number of methoxy groups -OCH3 is 1. The third-order valence-corrected chi connectivity index (χ3v) is 9.94. The minimum Gasteiger partial charge on any atom is -0.463 e. The van der Waals surface area contributed by atoms with Crippen molar-refractivity contribution in [1.29, 1.82) is 0 Å². The molecule has 0 aliphatic carbocycles. The van der Waals surface area contributed by atoms with Gasteiger partial charge in [-0.3, -0.25) is 4.90 Å². The standard InChI is InChI=1S/C40H62N2O11/c1-13-48-32(44)20-19-30(24-43)42(11)23-25(2)22-40(8,47-12)35(27(4)33-28(5)36(45)53-39(6,7)52-33)51-38-34(31(41(9)10)21-26(3)49-38)50-37(46)29-17-15-14-16-18-29/h14-20,25-27,30-31,34-35,38,43H,13,21-24H2,1-12H3/b20-19+/t25-,26-,27+,30-,31+,34-,35-,38+,40-/m1/s1. The van der Waals surface area contributed by atoms with E-state index in [1.54, 1.807) is 65.1 Å². The third-order valence-electron chi connectivity index (χ3n) is 9.94. The monoisotopic (exact) mass is 746 g/mol. The molecule has 0 spiro atoms. The van der Waals surface area contributed by atoms with Crippen molar-refractivity contribution in [3.8, 4) is 0 Å². The molecular weight excluding hydrogens is 684 g/mol. The number of cyclic esters (lactones) is 1. The molecule has 53 heavy (non-hydrogen) atoms. The first kappa shape index (κ1) is 44.1. The van der Waals surface area contributed by atoms with Gasteiger partial charge in [0.2, 0.25) is 5.79 Å². The van der Waals surface area contributed by atoms with Crippen LogP contribution in [0.2, 0.25) is 0 Å². The summed E-state index contributed by atoms with van der Waals surface area (Å²) in [6, 6.07) is 8.11. The molecule has 2 aliphatic rings. The molecular formula is C40H62N2O11. The van der Waals surface area contributed by atoms with Gasteiger partial charge in [0.1, 0.15) is 5.76 Å². The van der Waals surface area contributed by atoms with Gasteiger partial charge in [-0.05, 0) is 79.7 Å². The molecule has 13 heteroatoms. The fraction of sp³-hybridized carbons (Fsp3) is 0.675. The Hall–Kier alpha value is -3.33. The van der Waals surface area contributed by atoms with Crippen molar-refractivity contribution in [1.82, 2.24) is 9.80 Å². The topological polar surface area (TPSA) is 143 Å². The van der Waals surface area contributed by atoms with Gasteiger partial charge in [-0.15, -0.1) is 0 Å². The zero-order valence-electron chi connectivity index (χ0n) is 33.6. The number of aliphatic hydroxyl groups is 1. The van der Waals surface area contributed by atoms with Gasteiger partial charge in [-0.25, -0.2) is 14.4 Å². The molecule has 1 saturated heterocycles. The summed E-state index contributed by atoms with van der Waals surface area (Å²) in [5.41, 5.74) is -0.308. The summed E-state index contributed by atoms with van der Waals surface area (Å²) in [7, 11) is 7.34. The minimum atomic E-state index is -1.22. The molecule has 9 atom stereocenters. The van der Waals surface area contributed by atoms with Gasteiger partial charge in [0, 0.05) is 39.5 Å². The number of carbonyl (C=O) groups is 3. The molecule has 0 saturated carbocycles. The number of benzene rings is 1. The van der Waals surface area contributed by atoms with E-state index < -0.39 is 59.8 Å². The summed E-state index contributed by atoms with van der Waals surface area (Å²) in [6.45, 7) is 15.2. The highest BCUT2D eigenvalue weighted by Gasteiger charge is 2.50. The lowest BCUT2D eigenvalue weighted by Gasteiger charge is -2.48. The predicted molar refractivity (Wildman–Crippen MR) is 199 cm³/mol. The average Bonchev–Trinajstić information content (AvgIpc) is 3.09. The van der Waals surface area contributed by atoms with E-state index in [2.05, 4.69) is 6.92 Å². The molecule has 13 nitrogen and oxygen atoms in total. The smallest absolute Gasteiger partial charge is 0.340 e. The lowest BCUT2D eigenvalue weighted by molar-refractivity contribution is -0.298. The van der Waals surface area contributed by atoms with E-state index in [0.29, 0.717) is 36.3 Å². The molecule has 1 aromatic carbocycles. The third kappa shape index (κ3) is 11.8. The molecule has 3 rings (SSSR count). The van der Waals surface area contributed by atoms with Gasteiger partial charge < -0.3 is 43.2 Å². The molecule has 0 unspecified atom stereocenters. The molecule has 0 amide bonds. The SMILES string of the molecule is CCOC(=O)/C=C/[C@H](CO)N(C)C[C@H](C)C[C@@](C)(OC)[C@H](O[C@@H]1O[C@H](C)C[C@H](N(C)C)[C@H]1OC(=O)c1ccccc1)[C@@H](C)C1=C(C)C(=O)OC(C)(C)O1. The van der Waals surface area contributed by atoms with Gasteiger partial charge >= 0.3 is 17.9 Å². The largest absolute Gasteiger partial charge is 0.463 e. The van der Waals surface area contributed by atoms with Gasteiger partial charge in [0.15, 0.2) is 12.4 Å². The zero-order valence-corrected chi connectivity index (χ0v) is 33.6. The van der Waals surface area contributed by atoms with E-state index in [9.17, 15) is 19.5 Å². The van der Waals surface area contributed by atoms with Gasteiger partial charge in [0.25, 0.3) is 0 Å². The van der Waals surface area contributed by atoms with Crippen LogP contribution in [-0.4, -0.2) is 129 Å². The summed E-state index contributed by atoms with van der Waals surface area (Å²) in [6.07, 6.45) is 1.12. The Labute approximate surface area is 315 Å². The van der Waals surface area contributed by atoms with Crippen molar-refractivity contribution in [2.24, 2.45) is 11.8 Å². The number of likely N-dealkylation sites (N-methyl/N-ethyl adjacent to an activating group) is 2. The van der Waals surface area contributed by atoms with Crippen LogP contribution in [0.15, 0.2) is 53.8 Å². The first-order valence-corrected chi connectivity index (χ1v) is 18.4. The molecule has 1 fully saturated rings. The summed E-state index contributed by atoms with van der Waals surface area (Å²) < 4.78 is 43.0. The first-order valence-electron chi connectivity index (χ1n) is 18.4. The Bertz CT molecular complexity index is 1430. The van der Waals surface area contributed by atoms with Crippen LogP contribution in [0.4, 0.5) is 0 Å². The van der Waals surface area contributed by atoms with E-state index in [1.165, 1.54) is 6.08 Å². The van der Waals surface area contributed by atoms with Crippen molar-refractivity contribution < 1.29 is 52.6 Å². The maximum Gasteiger partial charge on any atom is 0.340 e. The molecule has 0 aromatic heterocycles. The summed E-state index contributed by atoms with van der Waals surface area (Å²) in [4.78, 5) is 42.5. The lowest BCUT2D eigenvalue weighted by Crippen LogP contribution is -2.59. The molecule has 298 valence electrons. The second-order valence-corrected chi connectivity index (χ2v) is 15.2. The number of aliphatic hydroxyl groups excluding tert-OH is 1. The minimum absolute atomic E-state index is 0.0375. The number of nitrogens with zero attached hydrogens (tertiary/aromatic N) is 2. The quantitative estimate of drug-likeness (QED) is 0.126. The number of carbonyl (C=O) groups excluding carboxylic acids is 3. The maximum absolute atomic E-state index is 13.5. The van der Waals surface area contributed by atoms with Crippen molar-refractivity contribution in [3.63, 3.8) is 0 Å². The Morgan fingerprint density at radius 2 is 1.79 bits per heavy atom. The Balaban J connectivity index is 2.04. The molecule has 1 N–H and O–H groups in total. The molecule has 0 bridgehead atoms. The molecule has 2 aliphatic heterocycles. The maximum atomic E-state index is 13.5. The van der Waals surface area contributed by atoms with E-state index in [1.807, 2.05) is 57.8 Å². The number of esters is 3. The molecule has 0 radical (unpaired) electrons. The number of rotatable bonds is 18. The molecule has 1 aromatic rings. The average molecular weight is 747 g/mol. The number of hydrogen-bond donors (Lipinski definition) is 1. The second-order valence-electron chi connectivity index (χ2n) is 15.2. The van der Waals surface area contributed by atoms with Crippen LogP contribution in [0.1, 0.15) is 78.6 Å². The van der Waals surface area contributed by atoms with Crippen LogP contribution in [0.3, 0.4) is 0 Å². The van der Waals surface area contributed by atoms with Crippen molar-refractivity contribution in [3.05, 3.63) is 59.4 Å². The van der Waals surface area contributed by atoms with E-state index in [0.717, 1.165) is 0 Å². The summed E-state index contributed by atoms with van der Waals surface area (Å²) in [5, 5.41) is 10.1. The van der Waals surface area contributed by atoms with Gasteiger partial charge in [-0.2, -0.15) is 0 Å². The summed E-state index contributed by atoms with van der Waals surface area (Å²) in [5.74, 6) is -2.90. The van der Waals surface area contributed by atoms with Crippen molar-refractivity contribution in [2.75, 3.05) is 48.0 Å². The van der Waals surface area contributed by atoms with Crippen LogP contribution in [0, 0.1) is 11.8 Å². The highest BCUT2D eigenvalue weighted by Crippen LogP contribution is 2.41. The van der Waals surface area contributed by atoms with Crippen molar-refractivity contribution >= 4 is 17.9 Å². The van der Waals surface area contributed by atoms with Crippen LogP contribution in [0.5, 0.6) is 0 Å². The highest BCUT2D eigenvalue weighted by molar-refractivity contribution is 5.90. The normalized spacial score (nSPS) is 25.3. The van der Waals surface area contributed by atoms with Crippen LogP contribution < -0.4 is 0 Å². The highest BCUT2D eigenvalue weighted by atomic mass is 16.7. The number of ether oxygens (including phenoxy) is 7. The number of hydrogen-bond acceptors (Lipinski definition) is 13. The zero-order chi connectivity index (χ0) is 39.7. The Morgan fingerprint density at radius 1 is 1.13 bits per heavy atom. The van der Waals surface area contributed by atoms with Gasteiger partial charge in [0.05, 0.1) is 54.2 Å². The van der Waals surface area contributed by atoms with Crippen LogP contribution in [-0.2, 0) is 42.7 Å². The van der Waals surface area contributed by atoms with E-state index >= 15 is 0 Å².